The van der Waals surface area contributed by atoms with Crippen LogP contribution in [0.15, 0.2) is 79.4 Å². The summed E-state index contributed by atoms with van der Waals surface area (Å²) >= 11 is 0. The minimum atomic E-state index is -3.09. The van der Waals surface area contributed by atoms with Crippen LogP contribution in [0, 0.1) is 0 Å². The van der Waals surface area contributed by atoms with Gasteiger partial charge in [0.25, 0.3) is 5.91 Å². The van der Waals surface area contributed by atoms with Crippen LogP contribution < -0.4 is 14.8 Å². The summed E-state index contributed by atoms with van der Waals surface area (Å²) in [7, 11) is -1.36. The van der Waals surface area contributed by atoms with Crippen LogP contribution in [-0.2, 0) is 11.5 Å². The van der Waals surface area contributed by atoms with Crippen molar-refractivity contribution in [2.75, 3.05) is 11.9 Å². The van der Waals surface area contributed by atoms with Gasteiger partial charge in [0.1, 0.15) is 29.5 Å². The molecule has 10 nitrogen and oxygen atoms in total. The Labute approximate surface area is 241 Å². The number of nitrogens with zero attached hydrogens (tertiary/aromatic N) is 5. The number of benzene rings is 2. The van der Waals surface area contributed by atoms with Gasteiger partial charge >= 0.3 is 6.61 Å². The van der Waals surface area contributed by atoms with Gasteiger partial charge in [-0.2, -0.15) is 19.0 Å². The second-order valence-corrected chi connectivity index (χ2v) is 16.2. The van der Waals surface area contributed by atoms with Gasteiger partial charge in [-0.05, 0) is 42.4 Å². The number of carbonyl (C=O) groups excluding carboxylic acids is 1. The molecule has 218 valence electrons. The first kappa shape index (κ1) is 28.9. The molecule has 0 fully saturated rings. The molecule has 1 amide bonds. The van der Waals surface area contributed by atoms with Gasteiger partial charge in [-0.25, -0.2) is 14.2 Å². The molecule has 0 unspecified atom stereocenters. The molecule has 0 atom stereocenters. The van der Waals surface area contributed by atoms with Gasteiger partial charge in [-0.15, -0.1) is 0 Å². The highest BCUT2D eigenvalue weighted by Gasteiger charge is 2.24. The standard InChI is InChI=1S/C29H30F2N6O4Si/c1-42(2,3)15-14-39-19-37-26(24(18-34-37)35-28(38)23-17-33-36-13-7-12-32-27(23)36)22-16-21(10-11-25(22)41-29(30)31)40-20-8-5-4-6-9-20/h4-13,16-18,29H,14-15,19H2,1-3H3,(H,35,38). The van der Waals surface area contributed by atoms with Crippen LogP contribution in [0.3, 0.4) is 0 Å². The molecule has 0 saturated heterocycles. The van der Waals surface area contributed by atoms with Gasteiger partial charge in [0.2, 0.25) is 0 Å². The Morgan fingerprint density at radius 3 is 2.60 bits per heavy atom. The Kier molecular flexibility index (Phi) is 8.59. The molecule has 13 heteroatoms. The van der Waals surface area contributed by atoms with E-state index in [1.54, 1.807) is 36.7 Å². The van der Waals surface area contributed by atoms with E-state index in [1.807, 2.05) is 18.2 Å². The smallest absolute Gasteiger partial charge is 0.387 e. The molecule has 0 saturated carbocycles. The van der Waals surface area contributed by atoms with E-state index >= 15 is 0 Å². The average molecular weight is 593 g/mol. The maximum absolute atomic E-state index is 13.5. The molecule has 0 aliphatic heterocycles. The molecule has 0 aliphatic carbocycles. The van der Waals surface area contributed by atoms with Crippen molar-refractivity contribution < 1.29 is 27.8 Å². The van der Waals surface area contributed by atoms with E-state index in [-0.39, 0.29) is 29.3 Å². The summed E-state index contributed by atoms with van der Waals surface area (Å²) in [6, 6.07) is 16.1. The number of para-hydroxylation sites is 1. The molecule has 42 heavy (non-hydrogen) atoms. The molecule has 2 aromatic carbocycles. The van der Waals surface area contributed by atoms with Crippen molar-refractivity contribution in [3.05, 3.63) is 84.9 Å². The van der Waals surface area contributed by atoms with E-state index in [0.717, 1.165) is 6.04 Å². The molecule has 0 aliphatic rings. The number of alkyl halides is 2. The van der Waals surface area contributed by atoms with Crippen molar-refractivity contribution in [3.63, 3.8) is 0 Å². The van der Waals surface area contributed by atoms with Crippen LogP contribution in [-0.4, -0.2) is 51.6 Å². The van der Waals surface area contributed by atoms with Crippen molar-refractivity contribution in [1.82, 2.24) is 24.4 Å². The Bertz CT molecular complexity index is 1670. The lowest BCUT2D eigenvalue weighted by Gasteiger charge is -2.18. The van der Waals surface area contributed by atoms with Crippen LogP contribution in [0.1, 0.15) is 10.4 Å². The van der Waals surface area contributed by atoms with Crippen LogP contribution in [0.4, 0.5) is 14.5 Å². The second kappa shape index (κ2) is 12.5. The maximum atomic E-state index is 13.5. The van der Waals surface area contributed by atoms with Gasteiger partial charge in [0, 0.05) is 32.6 Å². The van der Waals surface area contributed by atoms with Gasteiger partial charge in [-0.3, -0.25) is 4.79 Å². The Morgan fingerprint density at radius 2 is 1.83 bits per heavy atom. The Hall–Kier alpha value is -4.62. The normalized spacial score (nSPS) is 11.7. The van der Waals surface area contributed by atoms with E-state index in [0.29, 0.717) is 29.4 Å². The second-order valence-electron chi connectivity index (χ2n) is 10.6. The van der Waals surface area contributed by atoms with Crippen molar-refractivity contribution in [3.8, 4) is 28.5 Å². The first-order valence-electron chi connectivity index (χ1n) is 13.2. The molecular weight excluding hydrogens is 562 g/mol. The number of hydrogen-bond acceptors (Lipinski definition) is 7. The minimum absolute atomic E-state index is 0.0197. The molecule has 5 rings (SSSR count). The number of ether oxygens (including phenoxy) is 3. The van der Waals surface area contributed by atoms with Gasteiger partial charge < -0.3 is 19.5 Å². The van der Waals surface area contributed by atoms with Crippen LogP contribution in [0.2, 0.25) is 25.7 Å². The number of anilines is 1. The van der Waals surface area contributed by atoms with E-state index in [4.69, 9.17) is 14.2 Å². The SMILES string of the molecule is C[Si](C)(C)CCOCn1ncc(NC(=O)c2cnn3cccnc23)c1-c1cc(Oc2ccccc2)ccc1OC(F)F. The largest absolute Gasteiger partial charge is 0.457 e. The van der Waals surface area contributed by atoms with Crippen LogP contribution >= 0.6 is 0 Å². The molecule has 3 aromatic heterocycles. The molecule has 5 aromatic rings. The number of carbonyl (C=O) groups is 1. The maximum Gasteiger partial charge on any atom is 0.387 e. The lowest BCUT2D eigenvalue weighted by Crippen LogP contribution is -2.22. The van der Waals surface area contributed by atoms with Crippen molar-refractivity contribution in [2.24, 2.45) is 0 Å². The summed E-state index contributed by atoms with van der Waals surface area (Å²) in [6.07, 6.45) is 6.07. The average Bonchev–Trinajstić information content (AvgIpc) is 3.56. The summed E-state index contributed by atoms with van der Waals surface area (Å²) in [5.41, 5.74) is 1.36. The number of nitrogens with one attached hydrogen (secondary N) is 1. The highest BCUT2D eigenvalue weighted by Crippen LogP contribution is 2.39. The van der Waals surface area contributed by atoms with Crippen molar-refractivity contribution in [2.45, 2.75) is 39.0 Å². The van der Waals surface area contributed by atoms with E-state index in [9.17, 15) is 13.6 Å². The highest BCUT2D eigenvalue weighted by atomic mass is 28.3. The Morgan fingerprint density at radius 1 is 1.02 bits per heavy atom. The van der Waals surface area contributed by atoms with E-state index < -0.39 is 20.6 Å². The fourth-order valence-electron chi connectivity index (χ4n) is 4.15. The fraction of sp³-hybridized carbons (Fsp3) is 0.241. The van der Waals surface area contributed by atoms with Crippen molar-refractivity contribution >= 4 is 25.3 Å². The van der Waals surface area contributed by atoms with Crippen LogP contribution in [0.25, 0.3) is 16.9 Å². The Balaban J connectivity index is 1.54. The zero-order chi connectivity index (χ0) is 29.7. The first-order valence-corrected chi connectivity index (χ1v) is 16.9. The monoisotopic (exact) mass is 592 g/mol. The molecule has 0 spiro atoms. The predicted molar refractivity (Wildman–Crippen MR) is 156 cm³/mol. The van der Waals surface area contributed by atoms with Crippen LogP contribution in [0.5, 0.6) is 17.2 Å². The van der Waals surface area contributed by atoms with Gasteiger partial charge in [-0.1, -0.05) is 37.8 Å². The number of rotatable bonds is 12. The summed E-state index contributed by atoms with van der Waals surface area (Å²) in [6.45, 7) is 4.16. The predicted octanol–water partition coefficient (Wildman–Crippen LogP) is 6.55. The van der Waals surface area contributed by atoms with E-state index in [1.165, 1.54) is 33.7 Å². The zero-order valence-electron chi connectivity index (χ0n) is 23.3. The third-order valence-electron chi connectivity index (χ3n) is 6.22. The molecule has 0 bridgehead atoms. The number of hydrogen-bond donors (Lipinski definition) is 1. The van der Waals surface area contributed by atoms with Gasteiger partial charge in [0.15, 0.2) is 5.65 Å². The van der Waals surface area contributed by atoms with Crippen molar-refractivity contribution in [1.29, 1.82) is 0 Å². The number of halogens is 2. The number of amides is 1. The summed E-state index contributed by atoms with van der Waals surface area (Å²) in [5.74, 6) is 0.303. The molecule has 0 radical (unpaired) electrons. The van der Waals surface area contributed by atoms with E-state index in [2.05, 4.69) is 40.1 Å². The lowest BCUT2D eigenvalue weighted by atomic mass is 10.1. The molecule has 1 N–H and O–H groups in total. The third kappa shape index (κ3) is 6.98. The highest BCUT2D eigenvalue weighted by molar-refractivity contribution is 6.76. The molecular formula is C29H30F2N6O4Si. The zero-order valence-corrected chi connectivity index (χ0v) is 24.3. The summed E-state index contributed by atoms with van der Waals surface area (Å²) in [4.78, 5) is 17.6. The minimum Gasteiger partial charge on any atom is -0.457 e. The fourth-order valence-corrected chi connectivity index (χ4v) is 4.90. The quantitative estimate of drug-likeness (QED) is 0.129. The first-order chi connectivity index (χ1) is 20.2. The summed E-state index contributed by atoms with van der Waals surface area (Å²) < 4.78 is 46.8. The topological polar surface area (TPSA) is 105 Å². The number of aromatic nitrogens is 5. The summed E-state index contributed by atoms with van der Waals surface area (Å²) in [5, 5.41) is 11.4. The number of fused-ring (bicyclic) bond motifs is 1. The lowest BCUT2D eigenvalue weighted by molar-refractivity contribution is -0.0495. The molecule has 3 heterocycles. The van der Waals surface area contributed by atoms with Gasteiger partial charge in [0.05, 0.1) is 23.8 Å². The third-order valence-corrected chi connectivity index (χ3v) is 7.93.